The summed E-state index contributed by atoms with van der Waals surface area (Å²) in [6, 6.07) is 1.57. The highest BCUT2D eigenvalue weighted by Crippen LogP contribution is 2.27. The number of aromatic nitrogens is 1. The zero-order valence-corrected chi connectivity index (χ0v) is 10.3. The van der Waals surface area contributed by atoms with E-state index in [1.807, 2.05) is 4.90 Å². The molecule has 1 aromatic rings. The molecular weight excluding hydrogens is 243 g/mol. The Morgan fingerprint density at radius 3 is 2.41 bits per heavy atom. The highest BCUT2D eigenvalue weighted by molar-refractivity contribution is 7.86. The topological polar surface area (TPSA) is 50.3 Å². The number of hydrogen-bond donors (Lipinski definition) is 0. The predicted molar refractivity (Wildman–Crippen MR) is 63.2 cm³/mol. The van der Waals surface area contributed by atoms with Crippen molar-refractivity contribution in [1.29, 1.82) is 0 Å². The zero-order chi connectivity index (χ0) is 12.3. The summed E-state index contributed by atoms with van der Waals surface area (Å²) in [6.07, 6.45) is 6.87. The van der Waals surface area contributed by atoms with Crippen LogP contribution in [0.25, 0.3) is 0 Å². The number of pyridine rings is 1. The fourth-order valence-corrected chi connectivity index (χ4v) is 2.77. The smallest absolute Gasteiger partial charge is 0.335 e. The van der Waals surface area contributed by atoms with E-state index in [1.54, 1.807) is 6.07 Å². The van der Waals surface area contributed by atoms with Crippen LogP contribution in [-0.4, -0.2) is 26.5 Å². The normalized spacial score (nSPS) is 17.8. The van der Waals surface area contributed by atoms with Crippen molar-refractivity contribution >= 4 is 15.9 Å². The Balaban J connectivity index is 2.37. The van der Waals surface area contributed by atoms with Gasteiger partial charge in [0.25, 0.3) is 0 Å². The summed E-state index contributed by atoms with van der Waals surface area (Å²) in [5, 5.41) is 0. The van der Waals surface area contributed by atoms with Gasteiger partial charge in [0.15, 0.2) is 0 Å². The highest BCUT2D eigenvalue weighted by Gasteiger charge is 2.21. The van der Waals surface area contributed by atoms with Crippen LogP contribution in [0.3, 0.4) is 0 Å². The van der Waals surface area contributed by atoms with Crippen LogP contribution in [-0.2, 0) is 10.2 Å². The number of hydrogen-bond acceptors (Lipinski definition) is 4. The molecule has 94 valence electrons. The van der Waals surface area contributed by atoms with Crippen molar-refractivity contribution < 1.29 is 12.3 Å². The molecule has 0 atom stereocenters. The molecule has 0 N–H and O–H groups in total. The van der Waals surface area contributed by atoms with E-state index in [9.17, 15) is 12.3 Å². The van der Waals surface area contributed by atoms with Crippen molar-refractivity contribution in [2.75, 3.05) is 18.0 Å². The van der Waals surface area contributed by atoms with Crippen LogP contribution in [0.15, 0.2) is 23.4 Å². The molecule has 0 radical (unpaired) electrons. The Morgan fingerprint density at radius 1 is 1.18 bits per heavy atom. The zero-order valence-electron chi connectivity index (χ0n) is 9.47. The van der Waals surface area contributed by atoms with E-state index in [1.165, 1.54) is 6.20 Å². The molecule has 0 aliphatic carbocycles. The fraction of sp³-hybridized carbons (Fsp3) is 0.545. The standard InChI is InChI=1S/C11H15FN2O2S/c12-17(15,16)11-9-13-6-5-10(11)14-7-3-1-2-4-8-14/h5-6,9H,1-4,7-8H2. The molecular formula is C11H15FN2O2S. The quantitative estimate of drug-likeness (QED) is 0.762. The van der Waals surface area contributed by atoms with Gasteiger partial charge in [0.2, 0.25) is 0 Å². The maximum atomic E-state index is 13.1. The lowest BCUT2D eigenvalue weighted by atomic mass is 10.2. The average Bonchev–Trinajstić information content (AvgIpc) is 2.56. The second-order valence-corrected chi connectivity index (χ2v) is 5.50. The minimum Gasteiger partial charge on any atom is -0.370 e. The van der Waals surface area contributed by atoms with Gasteiger partial charge in [-0.3, -0.25) is 4.98 Å². The first-order chi connectivity index (χ1) is 8.09. The SMILES string of the molecule is O=S(=O)(F)c1cnccc1N1CCCCCC1. The lowest BCUT2D eigenvalue weighted by Gasteiger charge is -2.23. The van der Waals surface area contributed by atoms with Crippen LogP contribution in [0.2, 0.25) is 0 Å². The maximum Gasteiger partial charge on any atom is 0.335 e. The van der Waals surface area contributed by atoms with Crippen molar-refractivity contribution in [3.63, 3.8) is 0 Å². The fourth-order valence-electron chi connectivity index (χ4n) is 2.13. The molecule has 1 saturated heterocycles. The Kier molecular flexibility index (Phi) is 3.61. The molecule has 1 aliphatic heterocycles. The van der Waals surface area contributed by atoms with Gasteiger partial charge in [-0.2, -0.15) is 8.42 Å². The second kappa shape index (κ2) is 5.00. The van der Waals surface area contributed by atoms with Crippen LogP contribution in [0.4, 0.5) is 9.57 Å². The van der Waals surface area contributed by atoms with E-state index in [4.69, 9.17) is 0 Å². The molecule has 2 heterocycles. The third-order valence-corrected chi connectivity index (χ3v) is 3.81. The summed E-state index contributed by atoms with van der Waals surface area (Å²) in [6.45, 7) is 1.54. The number of rotatable bonds is 2. The Bertz CT molecular complexity index is 482. The monoisotopic (exact) mass is 258 g/mol. The minimum absolute atomic E-state index is 0.318. The van der Waals surface area contributed by atoms with Crippen LogP contribution in [0.1, 0.15) is 25.7 Å². The summed E-state index contributed by atoms with van der Waals surface area (Å²) in [4.78, 5) is 5.30. The average molecular weight is 258 g/mol. The first-order valence-electron chi connectivity index (χ1n) is 5.72. The lowest BCUT2D eigenvalue weighted by Crippen LogP contribution is -2.25. The van der Waals surface area contributed by atoms with Gasteiger partial charge in [-0.05, 0) is 18.9 Å². The van der Waals surface area contributed by atoms with Crippen molar-refractivity contribution in [3.05, 3.63) is 18.5 Å². The van der Waals surface area contributed by atoms with E-state index in [0.717, 1.165) is 45.0 Å². The van der Waals surface area contributed by atoms with Crippen molar-refractivity contribution in [3.8, 4) is 0 Å². The molecule has 1 aliphatic rings. The lowest BCUT2D eigenvalue weighted by molar-refractivity contribution is 0.551. The molecule has 0 unspecified atom stereocenters. The molecule has 2 rings (SSSR count). The summed E-state index contributed by atoms with van der Waals surface area (Å²) in [5.74, 6) is 0. The van der Waals surface area contributed by atoms with Gasteiger partial charge in [-0.1, -0.05) is 12.8 Å². The van der Waals surface area contributed by atoms with E-state index < -0.39 is 10.2 Å². The van der Waals surface area contributed by atoms with Crippen LogP contribution >= 0.6 is 0 Å². The van der Waals surface area contributed by atoms with Gasteiger partial charge in [-0.15, -0.1) is 3.89 Å². The van der Waals surface area contributed by atoms with Gasteiger partial charge in [0, 0.05) is 19.3 Å². The van der Waals surface area contributed by atoms with Crippen LogP contribution in [0.5, 0.6) is 0 Å². The predicted octanol–water partition coefficient (Wildman–Crippen LogP) is 2.12. The van der Waals surface area contributed by atoms with Gasteiger partial charge >= 0.3 is 10.2 Å². The van der Waals surface area contributed by atoms with E-state index in [2.05, 4.69) is 4.98 Å². The molecule has 4 nitrogen and oxygen atoms in total. The Morgan fingerprint density at radius 2 is 1.82 bits per heavy atom. The molecule has 17 heavy (non-hydrogen) atoms. The van der Waals surface area contributed by atoms with E-state index in [-0.39, 0.29) is 4.90 Å². The molecule has 0 aromatic carbocycles. The third-order valence-electron chi connectivity index (χ3n) is 2.97. The van der Waals surface area contributed by atoms with E-state index >= 15 is 0 Å². The largest absolute Gasteiger partial charge is 0.370 e. The first-order valence-corrected chi connectivity index (χ1v) is 7.11. The van der Waals surface area contributed by atoms with Crippen molar-refractivity contribution in [1.82, 2.24) is 4.98 Å². The summed E-state index contributed by atoms with van der Waals surface area (Å²) in [5.41, 5.74) is 0.435. The third kappa shape index (κ3) is 2.94. The molecule has 1 aromatic heterocycles. The van der Waals surface area contributed by atoms with Gasteiger partial charge in [0.1, 0.15) is 4.90 Å². The summed E-state index contributed by atoms with van der Waals surface area (Å²) >= 11 is 0. The Labute approximate surface area is 101 Å². The van der Waals surface area contributed by atoms with Crippen LogP contribution in [0, 0.1) is 0 Å². The molecule has 0 amide bonds. The molecule has 6 heteroatoms. The highest BCUT2D eigenvalue weighted by atomic mass is 32.3. The summed E-state index contributed by atoms with van der Waals surface area (Å²) in [7, 11) is -4.70. The molecule has 0 saturated carbocycles. The second-order valence-electron chi connectivity index (χ2n) is 4.18. The number of anilines is 1. The van der Waals surface area contributed by atoms with Crippen molar-refractivity contribution in [2.45, 2.75) is 30.6 Å². The minimum atomic E-state index is -4.70. The van der Waals surface area contributed by atoms with Gasteiger partial charge < -0.3 is 4.90 Å². The van der Waals surface area contributed by atoms with Gasteiger partial charge in [0.05, 0.1) is 11.9 Å². The number of nitrogens with zero attached hydrogens (tertiary/aromatic N) is 2. The maximum absolute atomic E-state index is 13.1. The van der Waals surface area contributed by atoms with Crippen LogP contribution < -0.4 is 4.90 Å². The summed E-state index contributed by atoms with van der Waals surface area (Å²) < 4.78 is 35.2. The molecule has 1 fully saturated rings. The first kappa shape index (κ1) is 12.3. The number of halogens is 1. The molecule has 0 bridgehead atoms. The van der Waals surface area contributed by atoms with Crippen molar-refractivity contribution in [2.24, 2.45) is 0 Å². The molecule has 0 spiro atoms. The van der Waals surface area contributed by atoms with E-state index in [0.29, 0.717) is 5.69 Å². The Hall–Kier alpha value is -1.17. The van der Waals surface area contributed by atoms with Gasteiger partial charge in [-0.25, -0.2) is 0 Å².